The van der Waals surface area contributed by atoms with Gasteiger partial charge in [0, 0.05) is 29.9 Å². The Morgan fingerprint density at radius 1 is 1.05 bits per heavy atom. The van der Waals surface area contributed by atoms with Crippen LogP contribution in [0.1, 0.15) is 68.4 Å². The van der Waals surface area contributed by atoms with Crippen LogP contribution in [0.4, 0.5) is 10.1 Å². The van der Waals surface area contributed by atoms with Gasteiger partial charge in [0.15, 0.2) is 0 Å². The maximum atomic E-state index is 14.0. The molecular weight excluding hydrogens is 505 g/mol. The van der Waals surface area contributed by atoms with E-state index in [2.05, 4.69) is 36.3 Å². The van der Waals surface area contributed by atoms with E-state index in [9.17, 15) is 14.3 Å². The van der Waals surface area contributed by atoms with Crippen molar-refractivity contribution in [2.24, 2.45) is 11.8 Å². The number of aliphatic hydroxyl groups is 1. The second kappa shape index (κ2) is 13.0. The smallest absolute Gasteiger partial charge is 0.230 e. The van der Waals surface area contributed by atoms with E-state index in [0.717, 1.165) is 61.1 Å². The maximum absolute atomic E-state index is 14.0. The lowest BCUT2D eigenvalue weighted by Gasteiger charge is -2.36. The topological polar surface area (TPSA) is 67.6 Å². The Hall–Kier alpha value is -3.19. The molecule has 2 saturated carbocycles. The van der Waals surface area contributed by atoms with Gasteiger partial charge in [-0.3, -0.25) is 9.48 Å². The van der Waals surface area contributed by atoms with Crippen LogP contribution in [0.25, 0.3) is 11.1 Å². The average Bonchev–Trinajstić information content (AvgIpc) is 3.45. The molecule has 1 heterocycles. The number of aromatic nitrogens is 2. The van der Waals surface area contributed by atoms with Crippen molar-refractivity contribution < 1.29 is 19.0 Å². The molecule has 0 saturated heterocycles. The highest BCUT2D eigenvalue weighted by atomic mass is 19.1. The van der Waals surface area contributed by atoms with Crippen molar-refractivity contribution in [1.29, 1.82) is 0 Å². The highest BCUT2D eigenvalue weighted by molar-refractivity contribution is 5.95. The molecule has 3 aromatic rings. The maximum Gasteiger partial charge on any atom is 0.230 e. The normalized spacial score (nSPS) is 23.1. The van der Waals surface area contributed by atoms with Crippen LogP contribution in [-0.4, -0.2) is 47.2 Å². The third-order valence-electron chi connectivity index (χ3n) is 8.93. The zero-order valence-electron chi connectivity index (χ0n) is 23.8. The van der Waals surface area contributed by atoms with Gasteiger partial charge in [0.25, 0.3) is 0 Å². The third-order valence-corrected chi connectivity index (χ3v) is 8.93. The molecular formula is C33H42FN3O3. The van der Waals surface area contributed by atoms with Crippen LogP contribution in [0.15, 0.2) is 54.9 Å². The first kappa shape index (κ1) is 28.3. The van der Waals surface area contributed by atoms with Crippen LogP contribution < -0.4 is 9.64 Å². The zero-order chi connectivity index (χ0) is 28.1. The van der Waals surface area contributed by atoms with Crippen molar-refractivity contribution in [2.45, 2.75) is 76.9 Å². The number of carbonyl (C=O) groups is 1. The number of carbonyl (C=O) groups excluding carboxylic acids is 1. The molecule has 2 aliphatic carbocycles. The molecule has 1 aromatic heterocycles. The lowest BCUT2D eigenvalue weighted by atomic mass is 9.78. The summed E-state index contributed by atoms with van der Waals surface area (Å²) in [5, 5.41) is 14.3. The first-order chi connectivity index (χ1) is 19.4. The summed E-state index contributed by atoms with van der Waals surface area (Å²) < 4.78 is 19.9. The standard InChI is InChI=1S/C33H42FN3O3/c1-23-18-28(12-15-32(23)40-2)25-8-6-24(7-9-25)21-37(33(39)26-10-13-31(38)14-11-26)30-5-3-4-27(19-30)29-20-35-36(22-29)17-16-34/h3-5,12,15,18-20,22,24-26,31,38H,6-11,13-14,16-17,21H2,1-2H3. The highest BCUT2D eigenvalue weighted by Gasteiger charge is 2.32. The Bertz CT molecular complexity index is 1280. The number of methoxy groups -OCH3 is 1. The molecule has 0 aliphatic heterocycles. The summed E-state index contributed by atoms with van der Waals surface area (Å²) in [7, 11) is 1.71. The molecule has 0 unspecified atom stereocenters. The molecule has 0 radical (unpaired) electrons. The van der Waals surface area contributed by atoms with E-state index in [0.29, 0.717) is 31.2 Å². The van der Waals surface area contributed by atoms with Gasteiger partial charge in [-0.2, -0.15) is 5.10 Å². The predicted octanol–water partition coefficient (Wildman–Crippen LogP) is 6.69. The van der Waals surface area contributed by atoms with Crippen LogP contribution >= 0.6 is 0 Å². The van der Waals surface area contributed by atoms with Gasteiger partial charge in [-0.05, 0) is 105 Å². The summed E-state index contributed by atoms with van der Waals surface area (Å²) in [6.45, 7) is 2.58. The number of hydrogen-bond donors (Lipinski definition) is 1. The molecule has 2 aromatic carbocycles. The van der Waals surface area contributed by atoms with Crippen LogP contribution in [-0.2, 0) is 11.3 Å². The Labute approximate surface area is 237 Å². The first-order valence-electron chi connectivity index (χ1n) is 14.8. The van der Waals surface area contributed by atoms with E-state index in [-0.39, 0.29) is 24.5 Å². The summed E-state index contributed by atoms with van der Waals surface area (Å²) in [4.78, 5) is 16.0. The molecule has 2 aliphatic rings. The SMILES string of the molecule is COc1ccc(C2CCC(CN(C(=O)C3CCC(O)CC3)c3cccc(-c4cnn(CCF)c4)c3)CC2)cc1C. The van der Waals surface area contributed by atoms with Gasteiger partial charge in [0.1, 0.15) is 12.4 Å². The number of nitrogens with zero attached hydrogens (tertiary/aromatic N) is 3. The van der Waals surface area contributed by atoms with Crippen molar-refractivity contribution in [2.75, 3.05) is 25.2 Å². The molecule has 1 N–H and O–H groups in total. The second-order valence-corrected chi connectivity index (χ2v) is 11.6. The van der Waals surface area contributed by atoms with Crippen molar-refractivity contribution in [3.8, 4) is 16.9 Å². The number of rotatable bonds is 9. The Kier molecular flexibility index (Phi) is 9.20. The fourth-order valence-corrected chi connectivity index (χ4v) is 6.53. The molecule has 6 nitrogen and oxygen atoms in total. The highest BCUT2D eigenvalue weighted by Crippen LogP contribution is 2.39. The van der Waals surface area contributed by atoms with Gasteiger partial charge in [-0.25, -0.2) is 4.39 Å². The zero-order valence-corrected chi connectivity index (χ0v) is 23.8. The van der Waals surface area contributed by atoms with E-state index < -0.39 is 6.67 Å². The number of anilines is 1. The summed E-state index contributed by atoms with van der Waals surface area (Å²) >= 11 is 0. The lowest BCUT2D eigenvalue weighted by Crippen LogP contribution is -2.41. The fraction of sp³-hybridized carbons (Fsp3) is 0.515. The van der Waals surface area contributed by atoms with E-state index in [1.807, 2.05) is 29.3 Å². The molecule has 0 bridgehead atoms. The molecule has 40 heavy (non-hydrogen) atoms. The Balaban J connectivity index is 1.33. The fourth-order valence-electron chi connectivity index (χ4n) is 6.53. The first-order valence-corrected chi connectivity index (χ1v) is 14.8. The lowest BCUT2D eigenvalue weighted by molar-refractivity contribution is -0.124. The molecule has 0 spiro atoms. The molecule has 7 heteroatoms. The minimum absolute atomic E-state index is 0.0574. The number of ether oxygens (including phenoxy) is 1. The number of hydrogen-bond acceptors (Lipinski definition) is 4. The van der Waals surface area contributed by atoms with Gasteiger partial charge >= 0.3 is 0 Å². The molecule has 2 fully saturated rings. The number of alkyl halides is 1. The minimum Gasteiger partial charge on any atom is -0.496 e. The molecule has 214 valence electrons. The monoisotopic (exact) mass is 547 g/mol. The number of amides is 1. The number of aliphatic hydroxyl groups excluding tert-OH is 1. The van der Waals surface area contributed by atoms with E-state index in [1.165, 1.54) is 11.1 Å². The van der Waals surface area contributed by atoms with Crippen LogP contribution in [0.5, 0.6) is 5.75 Å². The van der Waals surface area contributed by atoms with Crippen molar-refractivity contribution in [3.63, 3.8) is 0 Å². The van der Waals surface area contributed by atoms with Gasteiger partial charge in [-0.1, -0.05) is 24.3 Å². The summed E-state index contributed by atoms with van der Waals surface area (Å²) in [6.07, 6.45) is 10.5. The van der Waals surface area contributed by atoms with E-state index in [1.54, 1.807) is 18.0 Å². The predicted molar refractivity (Wildman–Crippen MR) is 156 cm³/mol. The number of aryl methyl sites for hydroxylation is 2. The Morgan fingerprint density at radius 3 is 2.52 bits per heavy atom. The molecule has 0 atom stereocenters. The van der Waals surface area contributed by atoms with Gasteiger partial charge in [0.05, 0.1) is 26.0 Å². The minimum atomic E-state index is -0.458. The van der Waals surface area contributed by atoms with Gasteiger partial charge in [-0.15, -0.1) is 0 Å². The largest absolute Gasteiger partial charge is 0.496 e. The summed E-state index contributed by atoms with van der Waals surface area (Å²) in [6, 6.07) is 14.6. The number of benzene rings is 2. The van der Waals surface area contributed by atoms with E-state index >= 15 is 0 Å². The van der Waals surface area contributed by atoms with Crippen molar-refractivity contribution in [3.05, 3.63) is 66.0 Å². The average molecular weight is 548 g/mol. The van der Waals surface area contributed by atoms with Crippen molar-refractivity contribution in [1.82, 2.24) is 9.78 Å². The summed E-state index contributed by atoms with van der Waals surface area (Å²) in [5.74, 6) is 2.01. The molecule has 5 rings (SSSR count). The molecule has 1 amide bonds. The van der Waals surface area contributed by atoms with Crippen LogP contribution in [0, 0.1) is 18.8 Å². The van der Waals surface area contributed by atoms with Crippen molar-refractivity contribution >= 4 is 11.6 Å². The Morgan fingerprint density at radius 2 is 1.82 bits per heavy atom. The second-order valence-electron chi connectivity index (χ2n) is 11.6. The van der Waals surface area contributed by atoms with E-state index in [4.69, 9.17) is 4.74 Å². The number of halogens is 1. The van der Waals surface area contributed by atoms with Crippen LogP contribution in [0.3, 0.4) is 0 Å². The van der Waals surface area contributed by atoms with Gasteiger partial charge in [0.2, 0.25) is 5.91 Å². The quantitative estimate of drug-likeness (QED) is 0.324. The summed E-state index contributed by atoms with van der Waals surface area (Å²) in [5.41, 5.74) is 5.34. The van der Waals surface area contributed by atoms with Gasteiger partial charge < -0.3 is 14.7 Å². The van der Waals surface area contributed by atoms with Crippen LogP contribution in [0.2, 0.25) is 0 Å². The third kappa shape index (κ3) is 6.57.